The van der Waals surface area contributed by atoms with Crippen LogP contribution < -0.4 is 5.32 Å². The molecule has 1 aromatic rings. The first-order chi connectivity index (χ1) is 12.0. The maximum Gasteiger partial charge on any atom is 0.236 e. The molecule has 1 N–H and O–H groups in total. The van der Waals surface area contributed by atoms with Gasteiger partial charge in [-0.05, 0) is 32.9 Å². The average molecular weight is 350 g/mol. The Hall–Kier alpha value is -1.86. The summed E-state index contributed by atoms with van der Waals surface area (Å²) in [5, 5.41) is 2.95. The Balaban J connectivity index is 1.69. The number of hydrogen-bond acceptors (Lipinski definition) is 5. The number of rotatable bonds is 8. The zero-order chi connectivity index (χ0) is 18.2. The Morgan fingerprint density at radius 3 is 2.28 bits per heavy atom. The predicted molar refractivity (Wildman–Crippen MR) is 96.1 cm³/mol. The van der Waals surface area contributed by atoms with Crippen LogP contribution in [0.5, 0.6) is 0 Å². The second-order valence-corrected chi connectivity index (χ2v) is 6.42. The van der Waals surface area contributed by atoms with Crippen LogP contribution >= 0.6 is 0 Å². The van der Waals surface area contributed by atoms with Gasteiger partial charge in [-0.25, -0.2) is 0 Å². The molecule has 1 aliphatic heterocycles. The van der Waals surface area contributed by atoms with Crippen molar-refractivity contribution in [3.8, 4) is 0 Å². The first-order valence-corrected chi connectivity index (χ1v) is 9.08. The van der Waals surface area contributed by atoms with Crippen molar-refractivity contribution in [2.45, 2.75) is 26.8 Å². The summed E-state index contributed by atoms with van der Waals surface area (Å²) in [6.45, 7) is 11.5. The van der Waals surface area contributed by atoms with Crippen LogP contribution in [0.1, 0.15) is 32.6 Å². The fourth-order valence-electron chi connectivity index (χ4n) is 3.07. The molecular weight excluding hydrogens is 320 g/mol. The van der Waals surface area contributed by atoms with Gasteiger partial charge in [0, 0.05) is 39.3 Å². The van der Waals surface area contributed by atoms with Gasteiger partial charge in [-0.2, -0.15) is 0 Å². The van der Waals surface area contributed by atoms with Gasteiger partial charge in [-0.15, -0.1) is 0 Å². The monoisotopic (exact) mass is 350 g/mol. The van der Waals surface area contributed by atoms with E-state index in [9.17, 15) is 9.59 Å². The Morgan fingerprint density at radius 1 is 1.16 bits per heavy atom. The molecule has 1 aromatic heterocycles. The van der Waals surface area contributed by atoms with Crippen molar-refractivity contribution in [2.75, 3.05) is 52.4 Å². The van der Waals surface area contributed by atoms with Gasteiger partial charge < -0.3 is 14.6 Å². The summed E-state index contributed by atoms with van der Waals surface area (Å²) in [7, 11) is 0. The molecule has 25 heavy (non-hydrogen) atoms. The standard InChI is InChI=1S/C18H30N4O3/c1-4-22(5-2)18(24)14-21-10-8-20(9-11-21)13-17(23)19-15(3)16-7-6-12-25-16/h6-7,12,15H,4-5,8-11,13-14H2,1-3H3,(H,19,23). The molecule has 2 heterocycles. The Bertz CT molecular complexity index is 535. The number of likely N-dealkylation sites (N-methyl/N-ethyl adjacent to an activating group) is 1. The van der Waals surface area contributed by atoms with Crippen molar-refractivity contribution >= 4 is 11.8 Å². The van der Waals surface area contributed by atoms with Gasteiger partial charge in [-0.3, -0.25) is 19.4 Å². The van der Waals surface area contributed by atoms with Crippen molar-refractivity contribution in [1.29, 1.82) is 0 Å². The molecule has 0 saturated carbocycles. The third-order valence-corrected chi connectivity index (χ3v) is 4.65. The molecule has 1 unspecified atom stereocenters. The Morgan fingerprint density at radius 2 is 1.76 bits per heavy atom. The number of nitrogens with zero attached hydrogens (tertiary/aromatic N) is 3. The summed E-state index contributed by atoms with van der Waals surface area (Å²) >= 11 is 0. The molecule has 0 spiro atoms. The highest BCUT2D eigenvalue weighted by molar-refractivity contribution is 5.79. The lowest BCUT2D eigenvalue weighted by molar-refractivity contribution is -0.133. The van der Waals surface area contributed by atoms with Gasteiger partial charge in [-0.1, -0.05) is 0 Å². The van der Waals surface area contributed by atoms with Crippen LogP contribution in [0.3, 0.4) is 0 Å². The SMILES string of the molecule is CCN(CC)C(=O)CN1CCN(CC(=O)NC(C)c2ccco2)CC1. The summed E-state index contributed by atoms with van der Waals surface area (Å²) < 4.78 is 5.30. The molecule has 140 valence electrons. The molecule has 7 heteroatoms. The van der Waals surface area contributed by atoms with Gasteiger partial charge >= 0.3 is 0 Å². The molecule has 1 aliphatic rings. The van der Waals surface area contributed by atoms with E-state index in [1.165, 1.54) is 0 Å². The van der Waals surface area contributed by atoms with E-state index in [4.69, 9.17) is 4.42 Å². The number of piperazine rings is 1. The van der Waals surface area contributed by atoms with E-state index in [0.717, 1.165) is 45.0 Å². The highest BCUT2D eigenvalue weighted by Crippen LogP contribution is 2.12. The second-order valence-electron chi connectivity index (χ2n) is 6.42. The smallest absolute Gasteiger partial charge is 0.236 e. The van der Waals surface area contributed by atoms with Crippen LogP contribution in [0.4, 0.5) is 0 Å². The van der Waals surface area contributed by atoms with Crippen molar-refractivity contribution in [2.24, 2.45) is 0 Å². The minimum absolute atomic E-state index is 0.00318. The minimum Gasteiger partial charge on any atom is -0.467 e. The van der Waals surface area contributed by atoms with E-state index in [1.807, 2.05) is 37.8 Å². The highest BCUT2D eigenvalue weighted by Gasteiger charge is 2.22. The summed E-state index contributed by atoms with van der Waals surface area (Å²) in [6, 6.07) is 3.54. The van der Waals surface area contributed by atoms with Gasteiger partial charge in [0.2, 0.25) is 11.8 Å². The second kappa shape index (κ2) is 9.58. The van der Waals surface area contributed by atoms with Crippen molar-refractivity contribution in [1.82, 2.24) is 20.0 Å². The van der Waals surface area contributed by atoms with Crippen molar-refractivity contribution in [3.63, 3.8) is 0 Å². The lowest BCUT2D eigenvalue weighted by atomic mass is 10.2. The number of amides is 2. The first kappa shape index (κ1) is 19.5. The van der Waals surface area contributed by atoms with Gasteiger partial charge in [0.1, 0.15) is 5.76 Å². The molecule has 0 aromatic carbocycles. The molecule has 0 bridgehead atoms. The fraction of sp³-hybridized carbons (Fsp3) is 0.667. The van der Waals surface area contributed by atoms with Crippen LogP contribution in [0.25, 0.3) is 0 Å². The molecular formula is C18H30N4O3. The first-order valence-electron chi connectivity index (χ1n) is 9.08. The molecule has 1 fully saturated rings. The molecule has 7 nitrogen and oxygen atoms in total. The van der Waals surface area contributed by atoms with Crippen LogP contribution in [0, 0.1) is 0 Å². The summed E-state index contributed by atoms with van der Waals surface area (Å²) in [5.41, 5.74) is 0. The molecule has 1 saturated heterocycles. The molecule has 1 atom stereocenters. The van der Waals surface area contributed by atoms with E-state index in [1.54, 1.807) is 6.26 Å². The third kappa shape index (κ3) is 5.86. The molecule has 0 aliphatic carbocycles. The number of hydrogen-bond donors (Lipinski definition) is 1. The Labute approximate surface area is 149 Å². The van der Waals surface area contributed by atoms with E-state index in [0.29, 0.717) is 13.1 Å². The number of carbonyl (C=O) groups excluding carboxylic acids is 2. The third-order valence-electron chi connectivity index (χ3n) is 4.65. The maximum atomic E-state index is 12.2. The predicted octanol–water partition coefficient (Wildman–Crippen LogP) is 0.943. The lowest BCUT2D eigenvalue weighted by Crippen LogP contribution is -2.52. The Kier molecular flexibility index (Phi) is 7.46. The van der Waals surface area contributed by atoms with Crippen molar-refractivity contribution < 1.29 is 14.0 Å². The lowest BCUT2D eigenvalue weighted by Gasteiger charge is -2.35. The highest BCUT2D eigenvalue weighted by atomic mass is 16.3. The van der Waals surface area contributed by atoms with Gasteiger partial charge in [0.05, 0.1) is 25.4 Å². The van der Waals surface area contributed by atoms with Crippen LogP contribution in [0.2, 0.25) is 0 Å². The van der Waals surface area contributed by atoms with Crippen LogP contribution in [0.15, 0.2) is 22.8 Å². The maximum absolute atomic E-state index is 12.2. The van der Waals surface area contributed by atoms with E-state index >= 15 is 0 Å². The summed E-state index contributed by atoms with van der Waals surface area (Å²) in [6.07, 6.45) is 1.61. The van der Waals surface area contributed by atoms with Crippen molar-refractivity contribution in [3.05, 3.63) is 24.2 Å². The van der Waals surface area contributed by atoms with E-state index in [-0.39, 0.29) is 17.9 Å². The quantitative estimate of drug-likeness (QED) is 0.756. The van der Waals surface area contributed by atoms with E-state index < -0.39 is 0 Å². The van der Waals surface area contributed by atoms with Crippen LogP contribution in [-0.4, -0.2) is 78.9 Å². The van der Waals surface area contributed by atoms with Gasteiger partial charge in [0.25, 0.3) is 0 Å². The largest absolute Gasteiger partial charge is 0.467 e. The summed E-state index contributed by atoms with van der Waals surface area (Å²) in [4.78, 5) is 30.5. The zero-order valence-corrected chi connectivity index (χ0v) is 15.5. The fourth-order valence-corrected chi connectivity index (χ4v) is 3.07. The summed E-state index contributed by atoms with van der Waals surface area (Å²) in [5.74, 6) is 0.938. The van der Waals surface area contributed by atoms with Crippen LogP contribution in [-0.2, 0) is 9.59 Å². The molecule has 2 amide bonds. The van der Waals surface area contributed by atoms with Gasteiger partial charge in [0.15, 0.2) is 0 Å². The average Bonchev–Trinajstić information content (AvgIpc) is 3.12. The number of carbonyl (C=O) groups is 2. The topological polar surface area (TPSA) is 69.0 Å². The molecule has 0 radical (unpaired) electrons. The minimum atomic E-state index is -0.129. The molecule has 2 rings (SSSR count). The normalized spacial score (nSPS) is 17.2. The van der Waals surface area contributed by atoms with E-state index in [2.05, 4.69) is 15.1 Å². The number of furan rings is 1. The number of nitrogens with one attached hydrogen (secondary N) is 1. The zero-order valence-electron chi connectivity index (χ0n) is 15.5.